The quantitative estimate of drug-likeness (QED) is 0.801. The number of aryl methyl sites for hydroxylation is 1. The fraction of sp³-hybridized carbons (Fsp3) is 0.538. The van der Waals surface area contributed by atoms with Crippen LogP contribution >= 0.6 is 11.6 Å². The normalized spacial score (nSPS) is 17.6. The lowest BCUT2D eigenvalue weighted by molar-refractivity contribution is 0.0375. The van der Waals surface area contributed by atoms with E-state index < -0.39 is 0 Å². The summed E-state index contributed by atoms with van der Waals surface area (Å²) < 4.78 is 5.32. The monoisotopic (exact) mass is 239 g/mol. The second-order valence-electron chi connectivity index (χ2n) is 4.18. The van der Waals surface area contributed by atoms with Gasteiger partial charge in [-0.15, -0.1) is 0 Å². The van der Waals surface area contributed by atoms with Gasteiger partial charge in [-0.05, 0) is 37.1 Å². The van der Waals surface area contributed by atoms with Crippen molar-refractivity contribution in [3.63, 3.8) is 0 Å². The summed E-state index contributed by atoms with van der Waals surface area (Å²) in [4.78, 5) is 2.47. The molecule has 1 fully saturated rings. The summed E-state index contributed by atoms with van der Waals surface area (Å²) in [5.74, 6) is 0. The number of halogens is 1. The zero-order valence-electron chi connectivity index (χ0n) is 9.49. The third kappa shape index (κ3) is 3.78. The smallest absolute Gasteiger partial charge is 0.0594 e. The van der Waals surface area contributed by atoms with Crippen LogP contribution in [-0.4, -0.2) is 37.7 Å². The van der Waals surface area contributed by atoms with Crippen LogP contribution in [0.4, 0.5) is 0 Å². The van der Waals surface area contributed by atoms with Crippen molar-refractivity contribution in [1.82, 2.24) is 4.90 Å². The van der Waals surface area contributed by atoms with Crippen molar-refractivity contribution in [3.05, 3.63) is 34.9 Å². The molecule has 0 aliphatic carbocycles. The van der Waals surface area contributed by atoms with Gasteiger partial charge in [0.15, 0.2) is 0 Å². The number of hydrogen-bond donors (Lipinski definition) is 0. The topological polar surface area (TPSA) is 12.5 Å². The number of nitrogens with zero attached hydrogens (tertiary/aromatic N) is 1. The summed E-state index contributed by atoms with van der Waals surface area (Å²) >= 11 is 5.85. The summed E-state index contributed by atoms with van der Waals surface area (Å²) in [5, 5.41) is 0.817. The molecule has 1 aromatic rings. The highest BCUT2D eigenvalue weighted by Gasteiger charge is 2.09. The van der Waals surface area contributed by atoms with Crippen molar-refractivity contribution < 1.29 is 4.74 Å². The predicted octanol–water partition coefficient (Wildman–Crippen LogP) is 2.60. The molecule has 0 atom stereocenters. The molecule has 0 unspecified atom stereocenters. The van der Waals surface area contributed by atoms with Crippen LogP contribution in [0.3, 0.4) is 0 Å². The van der Waals surface area contributed by atoms with E-state index in [0.29, 0.717) is 0 Å². The number of hydrogen-bond acceptors (Lipinski definition) is 2. The van der Waals surface area contributed by atoms with Crippen molar-refractivity contribution in [3.8, 4) is 0 Å². The standard InChI is InChI=1S/C13H18ClNO/c14-13-5-3-12(4-6-13)2-1-7-15-8-10-16-11-9-15/h3-6H,1-2,7-11H2. The Bertz CT molecular complexity index is 306. The highest BCUT2D eigenvalue weighted by Crippen LogP contribution is 2.11. The van der Waals surface area contributed by atoms with Crippen molar-refractivity contribution in [1.29, 1.82) is 0 Å². The predicted molar refractivity (Wildman–Crippen MR) is 67.0 cm³/mol. The first kappa shape index (κ1) is 11.9. The van der Waals surface area contributed by atoms with Crippen LogP contribution in [0.25, 0.3) is 0 Å². The Labute approximate surface area is 102 Å². The highest BCUT2D eigenvalue weighted by atomic mass is 35.5. The number of rotatable bonds is 4. The van der Waals surface area contributed by atoms with Crippen molar-refractivity contribution >= 4 is 11.6 Å². The third-order valence-corrected chi connectivity index (χ3v) is 3.21. The summed E-state index contributed by atoms with van der Waals surface area (Å²) in [6, 6.07) is 8.15. The van der Waals surface area contributed by atoms with Gasteiger partial charge >= 0.3 is 0 Å². The minimum Gasteiger partial charge on any atom is -0.379 e. The van der Waals surface area contributed by atoms with Crippen LogP contribution in [0.1, 0.15) is 12.0 Å². The van der Waals surface area contributed by atoms with E-state index in [-0.39, 0.29) is 0 Å². The largest absolute Gasteiger partial charge is 0.379 e. The molecular formula is C13H18ClNO. The van der Waals surface area contributed by atoms with Crippen molar-refractivity contribution in [2.75, 3.05) is 32.8 Å². The Morgan fingerprint density at radius 3 is 2.50 bits per heavy atom. The van der Waals surface area contributed by atoms with E-state index in [1.807, 2.05) is 12.1 Å². The maximum Gasteiger partial charge on any atom is 0.0594 e. The fourth-order valence-electron chi connectivity index (χ4n) is 1.98. The fourth-order valence-corrected chi connectivity index (χ4v) is 2.11. The lowest BCUT2D eigenvalue weighted by atomic mass is 10.1. The molecule has 0 aromatic heterocycles. The second-order valence-corrected chi connectivity index (χ2v) is 4.62. The van der Waals surface area contributed by atoms with Gasteiger partial charge in [0.1, 0.15) is 0 Å². The van der Waals surface area contributed by atoms with Gasteiger partial charge in [-0.2, -0.15) is 0 Å². The van der Waals surface area contributed by atoms with Crippen LogP contribution in [0, 0.1) is 0 Å². The van der Waals surface area contributed by atoms with Gasteiger partial charge < -0.3 is 4.74 Å². The summed E-state index contributed by atoms with van der Waals surface area (Å²) in [6.45, 7) is 5.12. The van der Waals surface area contributed by atoms with E-state index >= 15 is 0 Å². The van der Waals surface area contributed by atoms with E-state index in [2.05, 4.69) is 17.0 Å². The average molecular weight is 240 g/mol. The van der Waals surface area contributed by atoms with Crippen molar-refractivity contribution in [2.24, 2.45) is 0 Å². The number of ether oxygens (including phenoxy) is 1. The maximum atomic E-state index is 5.85. The molecular weight excluding hydrogens is 222 g/mol. The molecule has 1 aliphatic heterocycles. The zero-order chi connectivity index (χ0) is 11.2. The molecule has 16 heavy (non-hydrogen) atoms. The van der Waals surface area contributed by atoms with Gasteiger partial charge in [0.25, 0.3) is 0 Å². The van der Waals surface area contributed by atoms with Crippen LogP contribution in [0.2, 0.25) is 5.02 Å². The molecule has 1 aromatic carbocycles. The molecule has 88 valence electrons. The van der Waals surface area contributed by atoms with E-state index in [0.717, 1.165) is 37.7 Å². The maximum absolute atomic E-state index is 5.85. The molecule has 0 bridgehead atoms. The molecule has 0 saturated carbocycles. The molecule has 0 spiro atoms. The first-order valence-corrected chi connectivity index (χ1v) is 6.27. The molecule has 1 saturated heterocycles. The molecule has 0 amide bonds. The Balaban J connectivity index is 1.69. The third-order valence-electron chi connectivity index (χ3n) is 2.96. The average Bonchev–Trinajstić information content (AvgIpc) is 2.33. The summed E-state index contributed by atoms with van der Waals surface area (Å²) in [7, 11) is 0. The second kappa shape index (κ2) is 6.24. The van der Waals surface area contributed by atoms with Crippen molar-refractivity contribution in [2.45, 2.75) is 12.8 Å². The molecule has 1 heterocycles. The number of morpholine rings is 1. The van der Waals surface area contributed by atoms with Crippen LogP contribution < -0.4 is 0 Å². The van der Waals surface area contributed by atoms with Gasteiger partial charge in [0.2, 0.25) is 0 Å². The van der Waals surface area contributed by atoms with E-state index in [1.54, 1.807) is 0 Å². The van der Waals surface area contributed by atoms with Crippen LogP contribution in [0.15, 0.2) is 24.3 Å². The minimum absolute atomic E-state index is 0.817. The Morgan fingerprint density at radius 2 is 1.81 bits per heavy atom. The zero-order valence-corrected chi connectivity index (χ0v) is 10.2. The SMILES string of the molecule is Clc1ccc(CCCN2CCOCC2)cc1. The lowest BCUT2D eigenvalue weighted by Gasteiger charge is -2.26. The molecule has 2 rings (SSSR count). The summed E-state index contributed by atoms with van der Waals surface area (Å²) in [6.07, 6.45) is 2.34. The minimum atomic E-state index is 0.817. The summed E-state index contributed by atoms with van der Waals surface area (Å²) in [5.41, 5.74) is 1.37. The van der Waals surface area contributed by atoms with E-state index in [1.165, 1.54) is 18.5 Å². The molecule has 1 aliphatic rings. The van der Waals surface area contributed by atoms with Gasteiger partial charge in [0, 0.05) is 18.1 Å². The lowest BCUT2D eigenvalue weighted by Crippen LogP contribution is -2.36. The molecule has 2 nitrogen and oxygen atoms in total. The van der Waals surface area contributed by atoms with Crippen LogP contribution in [-0.2, 0) is 11.2 Å². The van der Waals surface area contributed by atoms with E-state index in [9.17, 15) is 0 Å². The van der Waals surface area contributed by atoms with Gasteiger partial charge in [-0.3, -0.25) is 4.90 Å². The first-order valence-electron chi connectivity index (χ1n) is 5.89. The van der Waals surface area contributed by atoms with Gasteiger partial charge in [0.05, 0.1) is 13.2 Å². The highest BCUT2D eigenvalue weighted by molar-refractivity contribution is 6.30. The van der Waals surface area contributed by atoms with E-state index in [4.69, 9.17) is 16.3 Å². The molecule has 3 heteroatoms. The molecule has 0 radical (unpaired) electrons. The first-order chi connectivity index (χ1) is 7.84. The Hall–Kier alpha value is -0.570. The Morgan fingerprint density at radius 1 is 1.12 bits per heavy atom. The number of benzene rings is 1. The van der Waals surface area contributed by atoms with Gasteiger partial charge in [-0.1, -0.05) is 23.7 Å². The Kier molecular flexibility index (Phi) is 4.64. The molecule has 0 N–H and O–H groups in total. The van der Waals surface area contributed by atoms with Crippen LogP contribution in [0.5, 0.6) is 0 Å². The van der Waals surface area contributed by atoms with Gasteiger partial charge in [-0.25, -0.2) is 0 Å².